The van der Waals surface area contributed by atoms with Crippen molar-refractivity contribution in [3.8, 4) is 0 Å². The highest BCUT2D eigenvalue weighted by Crippen LogP contribution is 2.18. The van der Waals surface area contributed by atoms with Crippen molar-refractivity contribution in [1.29, 1.82) is 0 Å². The van der Waals surface area contributed by atoms with Gasteiger partial charge in [0.05, 0.1) is 5.92 Å². The van der Waals surface area contributed by atoms with Gasteiger partial charge in [-0.2, -0.15) is 0 Å². The first-order valence-electron chi connectivity index (χ1n) is 7.13. The maximum atomic E-state index is 12.2. The van der Waals surface area contributed by atoms with Crippen LogP contribution in [0.3, 0.4) is 0 Å². The van der Waals surface area contributed by atoms with Crippen LogP contribution in [0.1, 0.15) is 53.4 Å². The Morgan fingerprint density at radius 2 is 2.06 bits per heavy atom. The van der Waals surface area contributed by atoms with Gasteiger partial charge >= 0.3 is 0 Å². The fraction of sp³-hybridized carbons (Fsp3) is 0.929. The molecule has 3 atom stereocenters. The summed E-state index contributed by atoms with van der Waals surface area (Å²) < 4.78 is 0. The number of hydrogen-bond acceptors (Lipinski definition) is 2. The predicted octanol–water partition coefficient (Wildman–Crippen LogP) is 2.32. The molecule has 0 radical (unpaired) electrons. The third-order valence-electron chi connectivity index (χ3n) is 4.22. The largest absolute Gasteiger partial charge is 0.353 e. The first-order chi connectivity index (χ1) is 8.10. The Bertz CT molecular complexity index is 238. The highest BCUT2D eigenvalue weighted by Gasteiger charge is 2.28. The van der Waals surface area contributed by atoms with E-state index in [0.717, 1.165) is 32.2 Å². The van der Waals surface area contributed by atoms with Crippen molar-refractivity contribution in [3.63, 3.8) is 0 Å². The number of amides is 1. The predicted molar refractivity (Wildman–Crippen MR) is 71.9 cm³/mol. The highest BCUT2D eigenvalue weighted by atomic mass is 16.2. The molecule has 0 bridgehead atoms. The number of hydrogen-bond donors (Lipinski definition) is 2. The molecule has 3 nitrogen and oxygen atoms in total. The molecule has 3 heteroatoms. The monoisotopic (exact) mass is 240 g/mol. The van der Waals surface area contributed by atoms with Gasteiger partial charge in [0.1, 0.15) is 0 Å². The van der Waals surface area contributed by atoms with Crippen molar-refractivity contribution in [2.24, 2.45) is 11.8 Å². The lowest BCUT2D eigenvalue weighted by molar-refractivity contribution is -0.127. The van der Waals surface area contributed by atoms with Gasteiger partial charge in [-0.3, -0.25) is 4.79 Å². The Balaban J connectivity index is 2.47. The Morgan fingerprint density at radius 1 is 1.41 bits per heavy atom. The van der Waals surface area contributed by atoms with Crippen LogP contribution >= 0.6 is 0 Å². The summed E-state index contributed by atoms with van der Waals surface area (Å²) in [6, 6.07) is 0.615. The summed E-state index contributed by atoms with van der Waals surface area (Å²) in [4.78, 5) is 12.2. The Labute approximate surface area is 106 Å². The third-order valence-corrected chi connectivity index (χ3v) is 4.22. The van der Waals surface area contributed by atoms with Crippen molar-refractivity contribution < 1.29 is 4.79 Å². The van der Waals surface area contributed by atoms with Crippen LogP contribution in [-0.2, 0) is 4.79 Å². The smallest absolute Gasteiger partial charge is 0.224 e. The average molecular weight is 240 g/mol. The molecule has 1 saturated heterocycles. The number of rotatable bonds is 5. The van der Waals surface area contributed by atoms with E-state index in [1.165, 1.54) is 0 Å². The van der Waals surface area contributed by atoms with Gasteiger partial charge in [-0.05, 0) is 39.2 Å². The van der Waals surface area contributed by atoms with Gasteiger partial charge in [0.25, 0.3) is 0 Å². The maximum absolute atomic E-state index is 12.2. The van der Waals surface area contributed by atoms with Crippen LogP contribution in [0.5, 0.6) is 0 Å². The summed E-state index contributed by atoms with van der Waals surface area (Å²) in [7, 11) is 0. The van der Waals surface area contributed by atoms with Gasteiger partial charge in [0, 0.05) is 12.1 Å². The maximum Gasteiger partial charge on any atom is 0.224 e. The van der Waals surface area contributed by atoms with Crippen molar-refractivity contribution in [2.45, 2.75) is 65.5 Å². The zero-order valence-corrected chi connectivity index (χ0v) is 11.8. The standard InChI is InChI=1S/C14H28N2O/c1-5-12(6-2)10(3)16-14(17)13-8-7-9-15-11(13)4/h10-13,15H,5-9H2,1-4H3,(H,16,17). The molecule has 0 aromatic heterocycles. The molecule has 0 aromatic carbocycles. The van der Waals surface area contributed by atoms with E-state index in [-0.39, 0.29) is 11.8 Å². The van der Waals surface area contributed by atoms with E-state index in [1.807, 2.05) is 0 Å². The van der Waals surface area contributed by atoms with Crippen LogP contribution in [-0.4, -0.2) is 24.5 Å². The van der Waals surface area contributed by atoms with E-state index >= 15 is 0 Å². The van der Waals surface area contributed by atoms with Crippen LogP contribution in [0.25, 0.3) is 0 Å². The molecular weight excluding hydrogens is 212 g/mol. The number of nitrogens with one attached hydrogen (secondary N) is 2. The second-order valence-electron chi connectivity index (χ2n) is 5.37. The summed E-state index contributed by atoms with van der Waals surface area (Å²) >= 11 is 0. The van der Waals surface area contributed by atoms with Crippen molar-refractivity contribution in [2.75, 3.05) is 6.54 Å². The van der Waals surface area contributed by atoms with Gasteiger partial charge in [0.15, 0.2) is 0 Å². The second kappa shape index (κ2) is 7.00. The van der Waals surface area contributed by atoms with Crippen molar-refractivity contribution in [1.82, 2.24) is 10.6 Å². The minimum atomic E-state index is 0.153. The van der Waals surface area contributed by atoms with Crippen LogP contribution in [0.2, 0.25) is 0 Å². The molecule has 17 heavy (non-hydrogen) atoms. The molecule has 0 aromatic rings. The second-order valence-corrected chi connectivity index (χ2v) is 5.37. The van der Waals surface area contributed by atoms with Crippen LogP contribution < -0.4 is 10.6 Å². The summed E-state index contributed by atoms with van der Waals surface area (Å²) in [5.74, 6) is 0.996. The van der Waals surface area contributed by atoms with Crippen molar-refractivity contribution in [3.05, 3.63) is 0 Å². The molecule has 100 valence electrons. The summed E-state index contributed by atoms with van der Waals surface area (Å²) in [6.45, 7) is 9.69. The van der Waals surface area contributed by atoms with Gasteiger partial charge in [0.2, 0.25) is 5.91 Å². The Morgan fingerprint density at radius 3 is 2.59 bits per heavy atom. The van der Waals surface area contributed by atoms with E-state index in [9.17, 15) is 4.79 Å². The van der Waals surface area contributed by atoms with Gasteiger partial charge in [-0.1, -0.05) is 26.7 Å². The fourth-order valence-corrected chi connectivity index (χ4v) is 2.85. The molecule has 0 spiro atoms. The van der Waals surface area contributed by atoms with Crippen LogP contribution in [0.4, 0.5) is 0 Å². The Hall–Kier alpha value is -0.570. The normalized spacial score (nSPS) is 26.9. The molecule has 3 unspecified atom stereocenters. The highest BCUT2D eigenvalue weighted by molar-refractivity contribution is 5.79. The van der Waals surface area contributed by atoms with Crippen LogP contribution in [0, 0.1) is 11.8 Å². The van der Waals surface area contributed by atoms with Crippen LogP contribution in [0.15, 0.2) is 0 Å². The molecule has 1 heterocycles. The van der Waals surface area contributed by atoms with E-state index in [1.54, 1.807) is 0 Å². The number of piperidine rings is 1. The lowest BCUT2D eigenvalue weighted by Gasteiger charge is -2.31. The zero-order valence-electron chi connectivity index (χ0n) is 11.8. The molecule has 1 rings (SSSR count). The van der Waals surface area contributed by atoms with E-state index in [4.69, 9.17) is 0 Å². The minimum Gasteiger partial charge on any atom is -0.353 e. The number of carbonyl (C=O) groups is 1. The first-order valence-corrected chi connectivity index (χ1v) is 7.13. The first kappa shape index (κ1) is 14.5. The average Bonchev–Trinajstić information content (AvgIpc) is 2.31. The summed E-state index contributed by atoms with van der Waals surface area (Å²) in [5, 5.41) is 6.59. The topological polar surface area (TPSA) is 41.1 Å². The summed E-state index contributed by atoms with van der Waals surface area (Å²) in [5.41, 5.74) is 0. The lowest BCUT2D eigenvalue weighted by Crippen LogP contribution is -2.49. The minimum absolute atomic E-state index is 0.153. The van der Waals surface area contributed by atoms with Gasteiger partial charge < -0.3 is 10.6 Å². The van der Waals surface area contributed by atoms with E-state index < -0.39 is 0 Å². The summed E-state index contributed by atoms with van der Waals surface area (Å²) in [6.07, 6.45) is 4.41. The lowest BCUT2D eigenvalue weighted by atomic mass is 9.89. The zero-order chi connectivity index (χ0) is 12.8. The number of carbonyl (C=O) groups excluding carboxylic acids is 1. The molecule has 0 aliphatic carbocycles. The SMILES string of the molecule is CCC(CC)C(C)NC(=O)C1CCCNC1C. The van der Waals surface area contributed by atoms with Crippen molar-refractivity contribution >= 4 is 5.91 Å². The molecule has 1 amide bonds. The molecule has 2 N–H and O–H groups in total. The Kier molecular flexibility index (Phi) is 5.96. The third kappa shape index (κ3) is 3.98. The molecule has 1 aliphatic heterocycles. The van der Waals surface area contributed by atoms with Gasteiger partial charge in [-0.25, -0.2) is 0 Å². The molecule has 0 saturated carbocycles. The van der Waals surface area contributed by atoms with E-state index in [2.05, 4.69) is 38.3 Å². The quantitative estimate of drug-likeness (QED) is 0.774. The van der Waals surface area contributed by atoms with Gasteiger partial charge in [-0.15, -0.1) is 0 Å². The molecule has 1 aliphatic rings. The molecular formula is C14H28N2O. The fourth-order valence-electron chi connectivity index (χ4n) is 2.85. The van der Waals surface area contributed by atoms with E-state index in [0.29, 0.717) is 18.0 Å². The molecule has 1 fully saturated rings.